The molecule has 3 N–H and O–H groups in total. The molecular formula is C19H30N4O. The standard InChI is InChI=1S/C19H30N4O/c1-16(17-7-3-2-4-8-17)22-19(9-5-6-10-19)15-21-18(20)23-11-13-24-14-12-23/h2-4,7-8,16,22H,5-6,9-15H2,1H3,(H2,20,21). The number of rotatable bonds is 5. The lowest BCUT2D eigenvalue weighted by Gasteiger charge is -2.34. The van der Waals surface area contributed by atoms with Crippen molar-refractivity contribution in [3.8, 4) is 0 Å². The van der Waals surface area contributed by atoms with Gasteiger partial charge in [-0.3, -0.25) is 4.99 Å². The van der Waals surface area contributed by atoms with Crippen LogP contribution in [0.4, 0.5) is 0 Å². The Labute approximate surface area is 145 Å². The molecule has 1 aromatic rings. The van der Waals surface area contributed by atoms with Gasteiger partial charge in [0.1, 0.15) is 0 Å². The molecule has 5 nitrogen and oxygen atoms in total. The predicted octanol–water partition coefficient (Wildman–Crippen LogP) is 2.30. The molecule has 2 fully saturated rings. The molecule has 1 saturated carbocycles. The molecule has 2 aliphatic rings. The van der Waals surface area contributed by atoms with Crippen molar-refractivity contribution in [1.82, 2.24) is 10.2 Å². The first-order chi connectivity index (χ1) is 11.7. The number of nitrogens with zero attached hydrogens (tertiary/aromatic N) is 2. The van der Waals surface area contributed by atoms with Crippen molar-refractivity contribution in [3.63, 3.8) is 0 Å². The first-order valence-electron chi connectivity index (χ1n) is 9.14. The van der Waals surface area contributed by atoms with E-state index in [2.05, 4.69) is 47.5 Å². The molecule has 1 aromatic carbocycles. The quantitative estimate of drug-likeness (QED) is 0.642. The Morgan fingerprint density at radius 3 is 2.58 bits per heavy atom. The Morgan fingerprint density at radius 1 is 1.25 bits per heavy atom. The Morgan fingerprint density at radius 2 is 1.92 bits per heavy atom. The van der Waals surface area contributed by atoms with Gasteiger partial charge in [0.25, 0.3) is 0 Å². The van der Waals surface area contributed by atoms with E-state index in [-0.39, 0.29) is 5.54 Å². The van der Waals surface area contributed by atoms with Crippen molar-refractivity contribution in [1.29, 1.82) is 0 Å². The van der Waals surface area contributed by atoms with E-state index in [0.29, 0.717) is 12.0 Å². The third-order valence-corrected chi connectivity index (χ3v) is 5.26. The Kier molecular flexibility index (Phi) is 5.74. The molecule has 0 radical (unpaired) electrons. The van der Waals surface area contributed by atoms with Gasteiger partial charge in [0, 0.05) is 24.7 Å². The highest BCUT2D eigenvalue weighted by Gasteiger charge is 2.35. The fourth-order valence-corrected chi connectivity index (χ4v) is 3.81. The number of morpholine rings is 1. The number of ether oxygens (including phenoxy) is 1. The zero-order valence-electron chi connectivity index (χ0n) is 14.7. The van der Waals surface area contributed by atoms with Crippen LogP contribution < -0.4 is 11.1 Å². The Balaban J connectivity index is 1.64. The summed E-state index contributed by atoms with van der Waals surface area (Å²) in [6.45, 7) is 6.17. The summed E-state index contributed by atoms with van der Waals surface area (Å²) in [6.07, 6.45) is 4.87. The Hall–Kier alpha value is -1.59. The summed E-state index contributed by atoms with van der Waals surface area (Å²) in [5.41, 5.74) is 7.62. The van der Waals surface area contributed by atoms with E-state index in [9.17, 15) is 0 Å². The average Bonchev–Trinajstić information content (AvgIpc) is 3.10. The van der Waals surface area contributed by atoms with E-state index in [1.54, 1.807) is 0 Å². The summed E-state index contributed by atoms with van der Waals surface area (Å²) in [7, 11) is 0. The van der Waals surface area contributed by atoms with Gasteiger partial charge in [0.05, 0.1) is 19.8 Å². The topological polar surface area (TPSA) is 62.9 Å². The number of benzene rings is 1. The molecule has 1 aliphatic heterocycles. The largest absolute Gasteiger partial charge is 0.378 e. The average molecular weight is 330 g/mol. The van der Waals surface area contributed by atoms with Crippen molar-refractivity contribution in [2.75, 3.05) is 32.8 Å². The lowest BCUT2D eigenvalue weighted by molar-refractivity contribution is 0.0673. The van der Waals surface area contributed by atoms with Crippen LogP contribution in [0.25, 0.3) is 0 Å². The van der Waals surface area contributed by atoms with Crippen LogP contribution in [-0.4, -0.2) is 49.2 Å². The zero-order chi connectivity index (χ0) is 16.8. The third-order valence-electron chi connectivity index (χ3n) is 5.26. The summed E-state index contributed by atoms with van der Waals surface area (Å²) >= 11 is 0. The van der Waals surface area contributed by atoms with Crippen molar-refractivity contribution >= 4 is 5.96 Å². The smallest absolute Gasteiger partial charge is 0.191 e. The highest BCUT2D eigenvalue weighted by atomic mass is 16.5. The number of nitrogens with two attached hydrogens (primary N) is 1. The molecular weight excluding hydrogens is 300 g/mol. The first-order valence-corrected chi connectivity index (χ1v) is 9.14. The molecule has 1 heterocycles. The van der Waals surface area contributed by atoms with Gasteiger partial charge in [-0.2, -0.15) is 0 Å². The van der Waals surface area contributed by atoms with Crippen molar-refractivity contribution in [2.45, 2.75) is 44.2 Å². The maximum absolute atomic E-state index is 6.22. The molecule has 0 aromatic heterocycles. The monoisotopic (exact) mass is 330 g/mol. The molecule has 132 valence electrons. The molecule has 0 amide bonds. The first kappa shape index (κ1) is 17.2. The summed E-state index contributed by atoms with van der Waals surface area (Å²) in [5.74, 6) is 0.665. The van der Waals surface area contributed by atoms with Crippen LogP contribution in [0, 0.1) is 0 Å². The van der Waals surface area contributed by atoms with E-state index >= 15 is 0 Å². The van der Waals surface area contributed by atoms with Crippen LogP contribution in [0.15, 0.2) is 35.3 Å². The van der Waals surface area contributed by atoms with Gasteiger partial charge in [-0.1, -0.05) is 43.2 Å². The molecule has 1 aliphatic carbocycles. The number of nitrogens with one attached hydrogen (secondary N) is 1. The highest BCUT2D eigenvalue weighted by molar-refractivity contribution is 5.78. The van der Waals surface area contributed by atoms with E-state index in [1.165, 1.54) is 31.2 Å². The number of guanidine groups is 1. The molecule has 5 heteroatoms. The molecule has 1 saturated heterocycles. The van der Waals surface area contributed by atoms with Crippen molar-refractivity contribution < 1.29 is 4.74 Å². The molecule has 1 atom stereocenters. The summed E-state index contributed by atoms with van der Waals surface area (Å²) in [5, 5.41) is 3.86. The predicted molar refractivity (Wildman–Crippen MR) is 98.1 cm³/mol. The molecule has 1 unspecified atom stereocenters. The van der Waals surface area contributed by atoms with Gasteiger partial charge >= 0.3 is 0 Å². The van der Waals surface area contributed by atoms with E-state index in [1.807, 2.05) is 0 Å². The van der Waals surface area contributed by atoms with Crippen LogP contribution in [0.2, 0.25) is 0 Å². The third kappa shape index (κ3) is 4.28. The number of aliphatic imine (C=N–C) groups is 1. The summed E-state index contributed by atoms with van der Waals surface area (Å²) in [6, 6.07) is 11.0. The molecule has 0 spiro atoms. The minimum Gasteiger partial charge on any atom is -0.378 e. The molecule has 24 heavy (non-hydrogen) atoms. The van der Waals surface area contributed by atoms with Gasteiger partial charge in [0.2, 0.25) is 0 Å². The van der Waals surface area contributed by atoms with E-state index in [0.717, 1.165) is 32.8 Å². The van der Waals surface area contributed by atoms with Crippen molar-refractivity contribution in [2.24, 2.45) is 10.7 Å². The fraction of sp³-hybridized carbons (Fsp3) is 0.632. The number of hydrogen-bond donors (Lipinski definition) is 2. The molecule has 3 rings (SSSR count). The zero-order valence-corrected chi connectivity index (χ0v) is 14.7. The second-order valence-electron chi connectivity index (χ2n) is 7.04. The van der Waals surface area contributed by atoms with Crippen molar-refractivity contribution in [3.05, 3.63) is 35.9 Å². The highest BCUT2D eigenvalue weighted by Crippen LogP contribution is 2.32. The van der Waals surface area contributed by atoms with Crippen LogP contribution in [0.5, 0.6) is 0 Å². The maximum atomic E-state index is 6.22. The van der Waals surface area contributed by atoms with Gasteiger partial charge in [-0.25, -0.2) is 0 Å². The van der Waals surface area contributed by atoms with Gasteiger partial charge in [0.15, 0.2) is 5.96 Å². The van der Waals surface area contributed by atoms with Crippen LogP contribution >= 0.6 is 0 Å². The second kappa shape index (κ2) is 7.99. The van der Waals surface area contributed by atoms with E-state index < -0.39 is 0 Å². The van der Waals surface area contributed by atoms with Crippen LogP contribution in [0.1, 0.15) is 44.2 Å². The van der Waals surface area contributed by atoms with Gasteiger partial charge in [-0.05, 0) is 25.3 Å². The maximum Gasteiger partial charge on any atom is 0.191 e. The van der Waals surface area contributed by atoms with E-state index in [4.69, 9.17) is 15.5 Å². The Bertz CT molecular complexity index is 534. The second-order valence-corrected chi connectivity index (χ2v) is 7.04. The minimum absolute atomic E-state index is 0.0756. The van der Waals surface area contributed by atoms with Crippen LogP contribution in [0.3, 0.4) is 0 Å². The van der Waals surface area contributed by atoms with Crippen LogP contribution in [-0.2, 0) is 4.74 Å². The molecule has 0 bridgehead atoms. The van der Waals surface area contributed by atoms with Gasteiger partial charge in [-0.15, -0.1) is 0 Å². The number of hydrogen-bond acceptors (Lipinski definition) is 3. The summed E-state index contributed by atoms with van der Waals surface area (Å²) in [4.78, 5) is 6.88. The fourth-order valence-electron chi connectivity index (χ4n) is 3.81. The minimum atomic E-state index is 0.0756. The lowest BCUT2D eigenvalue weighted by Crippen LogP contribution is -2.49. The SMILES string of the molecule is CC(NC1(CN=C(N)N2CCOCC2)CCCC1)c1ccccc1. The normalized spacial score (nSPS) is 22.5. The summed E-state index contributed by atoms with van der Waals surface area (Å²) < 4.78 is 5.38. The lowest BCUT2D eigenvalue weighted by atomic mass is 9.95. The van der Waals surface area contributed by atoms with Gasteiger partial charge < -0.3 is 20.7 Å².